The van der Waals surface area contributed by atoms with Crippen molar-refractivity contribution < 1.29 is 88.2 Å². The van der Waals surface area contributed by atoms with Gasteiger partial charge in [-0.15, -0.1) is 5.10 Å². The number of aryl methyl sites for hydroxylation is 1. The lowest BCUT2D eigenvalue weighted by Crippen LogP contribution is -2.62. The Balaban J connectivity index is 1.24. The number of aliphatic hydroxyl groups excluding tert-OH is 2. The summed E-state index contributed by atoms with van der Waals surface area (Å²) in [5, 5.41) is 96.8. The summed E-state index contributed by atoms with van der Waals surface area (Å²) in [7, 11) is 3.28. The van der Waals surface area contributed by atoms with Gasteiger partial charge in [-0.3, -0.25) is 52.6 Å². The number of oxime groups is 1. The number of para-hydroxylation sites is 1. The summed E-state index contributed by atoms with van der Waals surface area (Å²) in [5.74, 6) is -13.8. The predicted octanol–water partition coefficient (Wildman–Crippen LogP) is -0.949. The Morgan fingerprint density at radius 2 is 1.36 bits per heavy atom. The molecule has 18 N–H and O–H groups in total. The zero-order chi connectivity index (χ0) is 73.3. The van der Waals surface area contributed by atoms with E-state index in [0.29, 0.717) is 45.3 Å². The van der Waals surface area contributed by atoms with Crippen molar-refractivity contribution in [1.82, 2.24) is 67.8 Å². The maximum Gasteiger partial charge on any atom is 0.328 e. The lowest BCUT2D eigenvalue weighted by molar-refractivity contribution is -0.145. The Hall–Kier alpha value is -10.6. The number of aromatic hydroxyl groups is 2. The quantitative estimate of drug-likeness (QED) is 0.0122. The molecule has 101 heavy (non-hydrogen) atoms. The first-order valence-electron chi connectivity index (χ1n) is 32.0. The van der Waals surface area contributed by atoms with E-state index in [1.807, 2.05) is 0 Å². The lowest BCUT2D eigenvalue weighted by Gasteiger charge is -2.29. The number of hydrogen-bond acceptors (Lipinski definition) is 22. The molecule has 1 fully saturated rings. The highest BCUT2D eigenvalue weighted by Crippen LogP contribution is 2.25. The molecule has 540 valence electrons. The number of benzene rings is 4. The third-order valence-corrected chi connectivity index (χ3v) is 18.3. The number of fused-ring (bicyclic) bond motifs is 1. The van der Waals surface area contributed by atoms with Gasteiger partial charge < -0.3 is 94.0 Å². The number of carbonyl (C=O) groups is 11. The second-order valence-electron chi connectivity index (χ2n) is 23.8. The Labute approximate surface area is 586 Å². The molecule has 6 aromatic rings. The van der Waals surface area contributed by atoms with Crippen molar-refractivity contribution in [2.24, 2.45) is 17.9 Å². The lowest BCUT2D eigenvalue weighted by atomic mass is 10.0. The van der Waals surface area contributed by atoms with Gasteiger partial charge in [0.25, 0.3) is 5.91 Å². The van der Waals surface area contributed by atoms with Crippen molar-refractivity contribution in [3.05, 3.63) is 132 Å². The normalized spacial score (nSPS) is 19.7. The predicted molar refractivity (Wildman–Crippen MR) is 369 cm³/mol. The molecule has 0 spiro atoms. The zero-order valence-corrected chi connectivity index (χ0v) is 56.7. The van der Waals surface area contributed by atoms with Crippen molar-refractivity contribution in [3.63, 3.8) is 0 Å². The van der Waals surface area contributed by atoms with Crippen LogP contribution in [0.15, 0.2) is 115 Å². The number of carboxylic acids is 2. The van der Waals surface area contributed by atoms with Gasteiger partial charge in [-0.2, -0.15) is 0 Å². The summed E-state index contributed by atoms with van der Waals surface area (Å²) < 4.78 is 1.54. The van der Waals surface area contributed by atoms with Crippen LogP contribution in [0.4, 0.5) is 0 Å². The summed E-state index contributed by atoms with van der Waals surface area (Å²) in [5.41, 5.74) is 9.63. The smallest absolute Gasteiger partial charge is 0.328 e. The summed E-state index contributed by atoms with van der Waals surface area (Å²) in [4.78, 5) is 164. The van der Waals surface area contributed by atoms with Crippen LogP contribution in [-0.4, -0.2) is 213 Å². The van der Waals surface area contributed by atoms with Crippen molar-refractivity contribution in [1.29, 1.82) is 0 Å². The molecule has 0 bridgehead atoms. The van der Waals surface area contributed by atoms with E-state index in [9.17, 15) is 69.0 Å². The van der Waals surface area contributed by atoms with Gasteiger partial charge in [0.05, 0.1) is 24.6 Å². The molecule has 9 amide bonds. The van der Waals surface area contributed by atoms with E-state index in [-0.39, 0.29) is 50.1 Å². The minimum atomic E-state index is -1.93. The second-order valence-corrected chi connectivity index (χ2v) is 26.3. The molecule has 3 heterocycles. The molecule has 7 rings (SSSR count). The maximum atomic E-state index is 15.2. The number of unbranched alkanes of at least 4 members (excludes halogenated alkanes) is 1. The topological polar surface area (TPSA) is 512 Å². The zero-order valence-electron chi connectivity index (χ0n) is 55.1. The number of carboxylic acid groups (broad SMARTS) is 2. The summed E-state index contributed by atoms with van der Waals surface area (Å²) >= 11 is 0. The Morgan fingerprint density at radius 1 is 0.723 bits per heavy atom. The Bertz CT molecular complexity index is 3890. The number of carbonyl (C=O) groups excluding carboxylic acids is 9. The third-order valence-electron chi connectivity index (χ3n) is 15.8. The van der Waals surface area contributed by atoms with E-state index in [1.165, 1.54) is 54.7 Å². The number of aliphatic hydroxyl groups is 2. The molecule has 1 aliphatic heterocycles. The molecule has 2 aromatic heterocycles. The number of phenolic OH excluding ortho intramolecular Hbond substituents is 2. The van der Waals surface area contributed by atoms with Crippen LogP contribution in [-0.2, 0) is 83.9 Å². The van der Waals surface area contributed by atoms with Crippen molar-refractivity contribution >= 4 is 104 Å². The minimum Gasteiger partial charge on any atom is -0.508 e. The number of aromatic amines is 1. The van der Waals surface area contributed by atoms with Crippen LogP contribution in [0.2, 0.25) is 0 Å². The van der Waals surface area contributed by atoms with Gasteiger partial charge in [0, 0.05) is 66.9 Å². The molecule has 0 saturated carbocycles. The third kappa shape index (κ3) is 24.1. The van der Waals surface area contributed by atoms with Gasteiger partial charge in [-0.25, -0.2) is 4.79 Å². The highest BCUT2D eigenvalue weighted by Gasteiger charge is 2.38. The monoisotopic (exact) mass is 1430 g/mol. The van der Waals surface area contributed by atoms with Crippen LogP contribution in [0, 0.1) is 0 Å². The van der Waals surface area contributed by atoms with Crippen molar-refractivity contribution in [2.75, 3.05) is 24.7 Å². The average molecular weight is 1440 g/mol. The van der Waals surface area contributed by atoms with Crippen LogP contribution in [0.25, 0.3) is 22.2 Å². The summed E-state index contributed by atoms with van der Waals surface area (Å²) in [6, 6.07) is 9.56. The number of H-pyrrole nitrogens is 1. The highest BCUT2D eigenvalue weighted by molar-refractivity contribution is 8.76. The van der Waals surface area contributed by atoms with Crippen molar-refractivity contribution in [3.8, 4) is 22.8 Å². The van der Waals surface area contributed by atoms with Crippen molar-refractivity contribution in [2.45, 2.75) is 132 Å². The van der Waals surface area contributed by atoms with Crippen LogP contribution in [0.3, 0.4) is 0 Å². The van der Waals surface area contributed by atoms with Gasteiger partial charge in [0.2, 0.25) is 47.3 Å². The molecule has 11 atom stereocenters. The number of hydrogen-bond donors (Lipinski definition) is 17. The van der Waals surface area contributed by atoms with E-state index < -0.39 is 163 Å². The van der Waals surface area contributed by atoms with Gasteiger partial charge >= 0.3 is 11.9 Å². The highest BCUT2D eigenvalue weighted by atomic mass is 33.1. The molecule has 33 nitrogen and oxygen atoms in total. The largest absolute Gasteiger partial charge is 0.508 e. The standard InChI is InChI=1S/C66H81N15O18S2/c1-35(82)56-65(96)76-53(64(95)78-57(36(2)83)66(97)98)34-101-100-33-52(63(94)73-48(26-37-13-19-42(84)20-14-37)60(91)74-50(28-41-30-68-45-9-5-4-8-44(41)45)62(93)71-46(59(90)77-56)10-6-7-25-67)75-61(92)49(27-38-15-21-43(85)22-16-38)72-58(89)47(23-24-55(87)88)70-54(86)32-99-69-29-39-11-17-40(18-12-39)51-31-81(3)80-79-51/h4-5,8-9,11-22,29-31,35-36,46-50,52-53,56-57,68,82-85H,6-7,10,23-28,32-34,67H2,1-3H3,(H,70,86)(H,71,93)(H,72,89)(H,73,94)(H,74,91)(H,75,92)(H,76,96)(H,77,90)(H,78,95)(H,87,88)(H,97,98)/b69-29+/t35-,36-,46+,47-,48+,49-,50+,52+,53+,56+,57+/m1/s1/i3-1. The first kappa shape index (κ1) is 77.7. The molecule has 0 aliphatic carbocycles. The molecular formula is C66H81N15O18S2. The number of amides is 9. The molecule has 0 unspecified atom stereocenters. The van der Waals surface area contributed by atoms with E-state index in [0.717, 1.165) is 41.0 Å². The van der Waals surface area contributed by atoms with Gasteiger partial charge in [0.15, 0.2) is 12.6 Å². The SMILES string of the molecule is C[C@@H](O)[C@H](NC(=O)[C@@H]1CSSC[C@H](NC(=O)[C@@H](Cc2ccc(O)cc2)NC(=O)[C@@H](CCC(=O)O)NC(=O)CO/N=C/c2ccc(-c3cn([11CH3])nn3)cc2)C(=O)N[C@@H](Cc2ccc(O)cc2)C(=O)N[C@@H](Cc2c[nH]c3ccccc23)C(=O)N[C@@H](CCCCN)C(=O)N[C@@H]([C@@H](C)O)C(=O)N1)C(=O)O. The van der Waals surface area contributed by atoms with Crippen LogP contribution in [0.5, 0.6) is 11.5 Å². The van der Waals surface area contributed by atoms with E-state index in [1.54, 1.807) is 72.7 Å². The Kier molecular flexibility index (Phi) is 29.3. The van der Waals surface area contributed by atoms with Gasteiger partial charge in [0.1, 0.15) is 65.5 Å². The number of nitrogens with one attached hydrogen (secondary N) is 10. The fourth-order valence-electron chi connectivity index (χ4n) is 10.4. The molecule has 1 saturated heterocycles. The number of nitrogens with zero attached hydrogens (tertiary/aromatic N) is 4. The summed E-state index contributed by atoms with van der Waals surface area (Å²) in [6.07, 6.45) is -0.418. The number of aliphatic carboxylic acids is 2. The molecule has 1 aliphatic rings. The minimum absolute atomic E-state index is 0.101. The molecular weight excluding hydrogens is 1350 g/mol. The Morgan fingerprint density at radius 3 is 1.99 bits per heavy atom. The van der Waals surface area contributed by atoms with Gasteiger partial charge in [-0.1, -0.05) is 98.7 Å². The second kappa shape index (κ2) is 38.1. The molecule has 0 radical (unpaired) electrons. The molecule has 4 aromatic carbocycles. The van der Waals surface area contributed by atoms with Crippen LogP contribution >= 0.6 is 21.6 Å². The van der Waals surface area contributed by atoms with E-state index in [4.69, 9.17) is 10.6 Å². The summed E-state index contributed by atoms with van der Waals surface area (Å²) in [6.45, 7) is 1.63. The first-order chi connectivity index (χ1) is 48.2. The fourth-order valence-corrected chi connectivity index (χ4v) is 12.7. The fraction of sp³-hybridized carbons (Fsp3) is 0.394. The van der Waals surface area contributed by atoms with Gasteiger partial charge in [-0.05, 0) is 98.7 Å². The maximum absolute atomic E-state index is 15.2. The number of phenols is 2. The average Bonchev–Trinajstić information content (AvgIpc) is 1.73. The van der Waals surface area contributed by atoms with Crippen LogP contribution in [0.1, 0.15) is 68.2 Å². The van der Waals surface area contributed by atoms with E-state index in [2.05, 4.69) is 68.3 Å². The first-order valence-corrected chi connectivity index (χ1v) is 34.4. The number of nitrogens with two attached hydrogens (primary N) is 1. The number of aromatic nitrogens is 4. The number of rotatable bonds is 28. The van der Waals surface area contributed by atoms with Crippen LogP contribution < -0.4 is 53.6 Å². The van der Waals surface area contributed by atoms with E-state index >= 15 is 14.4 Å². The molecule has 35 heteroatoms.